The lowest BCUT2D eigenvalue weighted by atomic mass is 10.1. The first-order valence-electron chi connectivity index (χ1n) is 9.38. The summed E-state index contributed by atoms with van der Waals surface area (Å²) < 4.78 is 1.83. The van der Waals surface area contributed by atoms with E-state index in [1.54, 1.807) is 4.90 Å². The van der Waals surface area contributed by atoms with Gasteiger partial charge >= 0.3 is 5.97 Å². The Labute approximate surface area is 168 Å². The Bertz CT molecular complexity index is 976. The Morgan fingerprint density at radius 2 is 1.96 bits per heavy atom. The molecule has 2 heterocycles. The Kier molecular flexibility index (Phi) is 6.14. The molecule has 3 aromatic rings. The van der Waals surface area contributed by atoms with Crippen LogP contribution in [0, 0.1) is 0 Å². The van der Waals surface area contributed by atoms with Gasteiger partial charge in [-0.05, 0) is 24.0 Å². The third-order valence-corrected chi connectivity index (χ3v) is 5.81. The first kappa shape index (κ1) is 20.1. The molecule has 0 aliphatic heterocycles. The van der Waals surface area contributed by atoms with Gasteiger partial charge in [-0.1, -0.05) is 44.2 Å². The zero-order chi connectivity index (χ0) is 20.3. The van der Waals surface area contributed by atoms with E-state index in [1.165, 1.54) is 11.3 Å². The van der Waals surface area contributed by atoms with Gasteiger partial charge in [0.2, 0.25) is 0 Å². The fraction of sp³-hybridized carbons (Fsp3) is 0.381. The molecule has 0 atom stereocenters. The molecule has 0 aliphatic carbocycles. The first-order chi connectivity index (χ1) is 13.4. The lowest BCUT2D eigenvalue weighted by Crippen LogP contribution is -2.31. The number of hydrogen-bond acceptors (Lipinski definition) is 4. The number of carbonyl (C=O) groups is 2. The molecule has 1 aromatic carbocycles. The molecule has 7 heteroatoms. The summed E-state index contributed by atoms with van der Waals surface area (Å²) in [5, 5.41) is 14.5. The van der Waals surface area contributed by atoms with Gasteiger partial charge in [0.1, 0.15) is 4.83 Å². The van der Waals surface area contributed by atoms with E-state index in [0.29, 0.717) is 24.4 Å². The van der Waals surface area contributed by atoms with Gasteiger partial charge < -0.3 is 10.0 Å². The summed E-state index contributed by atoms with van der Waals surface area (Å²) in [6.07, 6.45) is 0.476. The van der Waals surface area contributed by atoms with Crippen molar-refractivity contribution in [1.29, 1.82) is 0 Å². The molecule has 2 aromatic heterocycles. The van der Waals surface area contributed by atoms with Gasteiger partial charge in [-0.25, -0.2) is 0 Å². The van der Waals surface area contributed by atoms with Crippen LogP contribution >= 0.6 is 11.3 Å². The van der Waals surface area contributed by atoms with E-state index in [2.05, 4.69) is 18.9 Å². The summed E-state index contributed by atoms with van der Waals surface area (Å²) in [6.45, 7) is 5.05. The van der Waals surface area contributed by atoms with E-state index in [4.69, 9.17) is 5.11 Å². The van der Waals surface area contributed by atoms with Crippen molar-refractivity contribution in [3.63, 3.8) is 0 Å². The van der Waals surface area contributed by atoms with Crippen LogP contribution in [0.3, 0.4) is 0 Å². The minimum atomic E-state index is -0.846. The second kappa shape index (κ2) is 8.56. The van der Waals surface area contributed by atoms with Crippen LogP contribution in [0.4, 0.5) is 0 Å². The molecule has 0 unspecified atom stereocenters. The van der Waals surface area contributed by atoms with Crippen LogP contribution in [-0.2, 0) is 18.4 Å². The highest BCUT2D eigenvalue weighted by atomic mass is 32.1. The van der Waals surface area contributed by atoms with Crippen molar-refractivity contribution in [3.8, 4) is 0 Å². The smallest absolute Gasteiger partial charge is 0.303 e. The SMILES string of the molecule is CC(C)c1nn(C)c2sc(C(=O)N(CCCC(=O)O)Cc3ccccc3)cc12. The number of rotatable bonds is 8. The van der Waals surface area contributed by atoms with Crippen molar-refractivity contribution in [3.05, 3.63) is 52.5 Å². The van der Waals surface area contributed by atoms with Crippen molar-refractivity contribution < 1.29 is 14.7 Å². The summed E-state index contributed by atoms with van der Waals surface area (Å²) in [4.78, 5) is 27.5. The number of fused-ring (bicyclic) bond motifs is 1. The molecule has 148 valence electrons. The third-order valence-electron chi connectivity index (χ3n) is 4.62. The number of carboxylic acids is 1. The highest BCUT2D eigenvalue weighted by Gasteiger charge is 2.22. The predicted molar refractivity (Wildman–Crippen MR) is 111 cm³/mol. The second-order valence-electron chi connectivity index (χ2n) is 7.20. The van der Waals surface area contributed by atoms with Crippen LogP contribution in [0.1, 0.15) is 53.5 Å². The first-order valence-corrected chi connectivity index (χ1v) is 10.2. The van der Waals surface area contributed by atoms with Gasteiger partial charge in [-0.2, -0.15) is 5.10 Å². The molecule has 0 radical (unpaired) electrons. The highest BCUT2D eigenvalue weighted by molar-refractivity contribution is 7.20. The molecule has 6 nitrogen and oxygen atoms in total. The van der Waals surface area contributed by atoms with E-state index in [0.717, 1.165) is 21.5 Å². The fourth-order valence-electron chi connectivity index (χ4n) is 3.23. The number of thiophene rings is 1. The molecule has 28 heavy (non-hydrogen) atoms. The number of carboxylic acid groups (broad SMARTS) is 1. The highest BCUT2D eigenvalue weighted by Crippen LogP contribution is 2.32. The average Bonchev–Trinajstić information content (AvgIpc) is 3.21. The molecular formula is C21H25N3O3S. The number of hydrogen-bond donors (Lipinski definition) is 1. The standard InChI is InChI=1S/C21H25N3O3S/c1-14(2)19-16-12-17(28-21(16)23(3)22-19)20(27)24(11-7-10-18(25)26)13-15-8-5-4-6-9-15/h4-6,8-9,12,14H,7,10-11,13H2,1-3H3,(H,25,26). The van der Waals surface area contributed by atoms with E-state index < -0.39 is 5.97 Å². The van der Waals surface area contributed by atoms with Crippen LogP contribution in [0.25, 0.3) is 10.2 Å². The lowest BCUT2D eigenvalue weighted by molar-refractivity contribution is -0.137. The van der Waals surface area contributed by atoms with Crippen LogP contribution in [-0.4, -0.2) is 38.2 Å². The van der Waals surface area contributed by atoms with Gasteiger partial charge in [0.15, 0.2) is 0 Å². The van der Waals surface area contributed by atoms with E-state index in [1.807, 2.05) is 48.1 Å². The predicted octanol–water partition coefficient (Wildman–Crippen LogP) is 4.27. The monoisotopic (exact) mass is 399 g/mol. The van der Waals surface area contributed by atoms with Crippen molar-refractivity contribution in [2.45, 2.75) is 39.2 Å². The van der Waals surface area contributed by atoms with Gasteiger partial charge in [0, 0.05) is 31.9 Å². The quantitative estimate of drug-likeness (QED) is 0.614. The third kappa shape index (κ3) is 4.42. The van der Waals surface area contributed by atoms with Crippen molar-refractivity contribution in [1.82, 2.24) is 14.7 Å². The number of aromatic nitrogens is 2. The Morgan fingerprint density at radius 3 is 2.61 bits per heavy atom. The van der Waals surface area contributed by atoms with Crippen LogP contribution in [0.2, 0.25) is 0 Å². The minimum absolute atomic E-state index is 0.0480. The van der Waals surface area contributed by atoms with Crippen molar-refractivity contribution in [2.24, 2.45) is 7.05 Å². The van der Waals surface area contributed by atoms with Crippen molar-refractivity contribution in [2.75, 3.05) is 6.54 Å². The molecule has 0 fully saturated rings. The molecule has 0 saturated carbocycles. The van der Waals surface area contributed by atoms with Crippen LogP contribution in [0.5, 0.6) is 0 Å². The molecule has 0 saturated heterocycles. The summed E-state index contributed by atoms with van der Waals surface area (Å²) in [6, 6.07) is 11.7. The average molecular weight is 400 g/mol. The number of nitrogens with zero attached hydrogens (tertiary/aromatic N) is 3. The molecule has 0 spiro atoms. The van der Waals surface area contributed by atoms with Gasteiger partial charge in [-0.15, -0.1) is 11.3 Å². The molecule has 0 aliphatic rings. The minimum Gasteiger partial charge on any atom is -0.481 e. The Balaban J connectivity index is 1.88. The maximum atomic E-state index is 13.2. The molecule has 1 N–H and O–H groups in total. The van der Waals surface area contributed by atoms with Gasteiger partial charge in [-0.3, -0.25) is 14.3 Å². The number of benzene rings is 1. The topological polar surface area (TPSA) is 75.4 Å². The summed E-state index contributed by atoms with van der Waals surface area (Å²) in [7, 11) is 1.90. The van der Waals surface area contributed by atoms with Crippen molar-refractivity contribution >= 4 is 33.4 Å². The molecule has 1 amide bonds. The summed E-state index contributed by atoms with van der Waals surface area (Å²) in [5.74, 6) is -0.635. The zero-order valence-corrected chi connectivity index (χ0v) is 17.2. The van der Waals surface area contributed by atoms with E-state index in [9.17, 15) is 9.59 Å². The number of amides is 1. The van der Waals surface area contributed by atoms with Gasteiger partial charge in [0.05, 0.1) is 10.6 Å². The largest absolute Gasteiger partial charge is 0.481 e. The van der Waals surface area contributed by atoms with Gasteiger partial charge in [0.25, 0.3) is 5.91 Å². The van der Waals surface area contributed by atoms with E-state index >= 15 is 0 Å². The summed E-state index contributed by atoms with van der Waals surface area (Å²) in [5.41, 5.74) is 2.02. The molecule has 3 rings (SSSR count). The van der Waals surface area contributed by atoms with E-state index in [-0.39, 0.29) is 18.2 Å². The second-order valence-corrected chi connectivity index (χ2v) is 8.23. The summed E-state index contributed by atoms with van der Waals surface area (Å²) >= 11 is 1.44. The Morgan fingerprint density at radius 1 is 1.25 bits per heavy atom. The number of carbonyl (C=O) groups excluding carboxylic acids is 1. The zero-order valence-electron chi connectivity index (χ0n) is 16.4. The van der Waals surface area contributed by atoms with Crippen LogP contribution < -0.4 is 0 Å². The number of aryl methyl sites for hydroxylation is 1. The maximum Gasteiger partial charge on any atom is 0.303 e. The normalized spacial score (nSPS) is 11.3. The van der Waals surface area contributed by atoms with Crippen LogP contribution in [0.15, 0.2) is 36.4 Å². The molecular weight excluding hydrogens is 374 g/mol. The lowest BCUT2D eigenvalue weighted by Gasteiger charge is -2.22. The number of aliphatic carboxylic acids is 1. The molecule has 0 bridgehead atoms. The maximum absolute atomic E-state index is 13.2. The fourth-order valence-corrected chi connectivity index (χ4v) is 4.28. The Hall–Kier alpha value is -2.67.